The van der Waals surface area contributed by atoms with Crippen LogP contribution in [0.1, 0.15) is 104 Å². The average Bonchev–Trinajstić information content (AvgIpc) is 2.63. The average molecular weight is 417 g/mol. The maximum absolute atomic E-state index is 9.60. The number of carboxylic acid groups (broad SMARTS) is 2. The Labute approximate surface area is 177 Å². The van der Waals surface area contributed by atoms with E-state index >= 15 is 0 Å². The Morgan fingerprint density at radius 3 is 1.10 bits per heavy atom. The van der Waals surface area contributed by atoms with Crippen molar-refractivity contribution in [1.29, 1.82) is 0 Å². The van der Waals surface area contributed by atoms with Crippen molar-refractivity contribution in [1.82, 2.24) is 0 Å². The smallest absolute Gasteiger partial charge is 0.330 e. The molecule has 0 aliphatic carbocycles. The summed E-state index contributed by atoms with van der Waals surface area (Å²) in [6.07, 6.45) is 15.2. The summed E-state index contributed by atoms with van der Waals surface area (Å²) in [6.45, 7) is 11.5. The molecule has 4 N–H and O–H groups in total. The Bertz CT molecular complexity index is 381. The molecular formula is C23H44O6. The van der Waals surface area contributed by atoms with Crippen molar-refractivity contribution in [2.45, 2.75) is 111 Å². The minimum absolute atomic E-state index is 0.176. The highest BCUT2D eigenvalue weighted by Gasteiger charge is 1.97. The number of aliphatic hydroxyl groups excluding tert-OH is 1. The zero-order valence-electron chi connectivity index (χ0n) is 18.8. The number of aliphatic hydroxyl groups is 2. The second-order valence-corrected chi connectivity index (χ2v) is 7.33. The standard InChI is InChI=1S/C15H32O2.2C4H6O2/c1-2-3-4-5-6-7-8-9-10-11-12-13-14-15(16)17;2*1-3(2)4(5)6/h15-17H,2-14H2,1H3;2*1H2,2H3,(H,5,6). The Morgan fingerprint density at radius 2 is 0.897 bits per heavy atom. The van der Waals surface area contributed by atoms with Crippen LogP contribution in [0.3, 0.4) is 0 Å². The molecule has 0 saturated carbocycles. The fraction of sp³-hybridized carbons (Fsp3) is 0.739. The largest absolute Gasteiger partial charge is 0.478 e. The molecule has 0 aromatic carbocycles. The Kier molecular flexibility index (Phi) is 26.9. The first-order valence-corrected chi connectivity index (χ1v) is 10.7. The molecule has 0 aliphatic rings. The molecule has 6 heteroatoms. The van der Waals surface area contributed by atoms with E-state index in [1.54, 1.807) is 0 Å². The predicted octanol–water partition coefficient (Wildman–Crippen LogP) is 5.68. The van der Waals surface area contributed by atoms with Crippen molar-refractivity contribution in [2.75, 3.05) is 0 Å². The van der Waals surface area contributed by atoms with Gasteiger partial charge in [0.05, 0.1) is 0 Å². The van der Waals surface area contributed by atoms with Gasteiger partial charge in [0, 0.05) is 11.1 Å². The Hall–Kier alpha value is -1.66. The van der Waals surface area contributed by atoms with Gasteiger partial charge in [-0.15, -0.1) is 0 Å². The van der Waals surface area contributed by atoms with Crippen LogP contribution in [0.25, 0.3) is 0 Å². The lowest BCUT2D eigenvalue weighted by Crippen LogP contribution is -2.02. The molecule has 0 aromatic heterocycles. The number of rotatable bonds is 15. The molecule has 172 valence electrons. The monoisotopic (exact) mass is 416 g/mol. The van der Waals surface area contributed by atoms with Crippen molar-refractivity contribution >= 4 is 11.9 Å². The molecule has 0 spiro atoms. The van der Waals surface area contributed by atoms with Crippen LogP contribution in [-0.2, 0) is 9.59 Å². The van der Waals surface area contributed by atoms with Crippen LogP contribution in [0.2, 0.25) is 0 Å². The normalized spacial score (nSPS) is 9.72. The molecule has 6 nitrogen and oxygen atoms in total. The predicted molar refractivity (Wildman–Crippen MR) is 119 cm³/mol. The fourth-order valence-corrected chi connectivity index (χ4v) is 2.17. The zero-order chi connectivity index (χ0) is 23.1. The van der Waals surface area contributed by atoms with Gasteiger partial charge in [0.25, 0.3) is 0 Å². The van der Waals surface area contributed by atoms with Crippen molar-refractivity contribution in [3.8, 4) is 0 Å². The van der Waals surface area contributed by atoms with Crippen LogP contribution in [0.4, 0.5) is 0 Å². The highest BCUT2D eigenvalue weighted by atomic mass is 16.5. The Morgan fingerprint density at radius 1 is 0.655 bits per heavy atom. The Balaban J connectivity index is -0.000000460. The molecule has 29 heavy (non-hydrogen) atoms. The second-order valence-electron chi connectivity index (χ2n) is 7.33. The van der Waals surface area contributed by atoms with Gasteiger partial charge in [0.2, 0.25) is 0 Å². The third-order valence-electron chi connectivity index (χ3n) is 4.05. The summed E-state index contributed by atoms with van der Waals surface area (Å²) in [4.78, 5) is 19.2. The summed E-state index contributed by atoms with van der Waals surface area (Å²) in [6, 6.07) is 0. The topological polar surface area (TPSA) is 115 Å². The highest BCUT2D eigenvalue weighted by molar-refractivity contribution is 5.85. The maximum atomic E-state index is 9.60. The summed E-state index contributed by atoms with van der Waals surface area (Å²) in [5, 5.41) is 33.1. The molecular weight excluding hydrogens is 372 g/mol. The van der Waals surface area contributed by atoms with Gasteiger partial charge in [-0.2, -0.15) is 0 Å². The van der Waals surface area contributed by atoms with Gasteiger partial charge >= 0.3 is 11.9 Å². The number of carboxylic acids is 2. The number of hydrogen-bond donors (Lipinski definition) is 4. The van der Waals surface area contributed by atoms with Crippen LogP contribution in [0, 0.1) is 0 Å². The molecule has 0 heterocycles. The summed E-state index contributed by atoms with van der Waals surface area (Å²) in [5.74, 6) is -1.87. The molecule has 0 aliphatic heterocycles. The van der Waals surface area contributed by atoms with Crippen LogP contribution in [0.15, 0.2) is 24.3 Å². The number of hydrogen-bond acceptors (Lipinski definition) is 4. The fourth-order valence-electron chi connectivity index (χ4n) is 2.17. The van der Waals surface area contributed by atoms with E-state index in [4.69, 9.17) is 20.4 Å². The van der Waals surface area contributed by atoms with E-state index < -0.39 is 18.2 Å². The van der Waals surface area contributed by atoms with Crippen LogP contribution >= 0.6 is 0 Å². The van der Waals surface area contributed by atoms with E-state index in [1.807, 2.05) is 0 Å². The number of carbonyl (C=O) groups is 2. The summed E-state index contributed by atoms with van der Waals surface area (Å²) >= 11 is 0. The van der Waals surface area contributed by atoms with Crippen molar-refractivity contribution < 1.29 is 30.0 Å². The molecule has 0 atom stereocenters. The third-order valence-corrected chi connectivity index (χ3v) is 4.05. The molecule has 0 saturated heterocycles. The van der Waals surface area contributed by atoms with Gasteiger partial charge in [-0.25, -0.2) is 9.59 Å². The number of unbranched alkanes of at least 4 members (excludes halogenated alkanes) is 11. The van der Waals surface area contributed by atoms with Crippen LogP contribution in [-0.4, -0.2) is 38.7 Å². The first-order valence-electron chi connectivity index (χ1n) is 10.7. The lowest BCUT2D eigenvalue weighted by atomic mass is 10.0. The van der Waals surface area contributed by atoms with E-state index in [9.17, 15) is 9.59 Å². The van der Waals surface area contributed by atoms with Gasteiger partial charge in [0.15, 0.2) is 6.29 Å². The van der Waals surface area contributed by atoms with Gasteiger partial charge < -0.3 is 20.4 Å². The van der Waals surface area contributed by atoms with E-state index in [0.29, 0.717) is 6.42 Å². The highest BCUT2D eigenvalue weighted by Crippen LogP contribution is 2.12. The van der Waals surface area contributed by atoms with Gasteiger partial charge in [-0.3, -0.25) is 0 Å². The van der Waals surface area contributed by atoms with Crippen molar-refractivity contribution in [2.24, 2.45) is 0 Å². The molecule has 0 radical (unpaired) electrons. The van der Waals surface area contributed by atoms with Gasteiger partial charge in [0.1, 0.15) is 0 Å². The molecule has 0 fully saturated rings. The summed E-state index contributed by atoms with van der Waals surface area (Å²) in [7, 11) is 0. The van der Waals surface area contributed by atoms with Gasteiger partial charge in [-0.1, -0.05) is 90.7 Å². The lowest BCUT2D eigenvalue weighted by molar-refractivity contribution is -0.133. The van der Waals surface area contributed by atoms with Crippen molar-refractivity contribution in [3.63, 3.8) is 0 Å². The second kappa shape index (κ2) is 24.4. The molecule has 0 rings (SSSR count). The molecule has 0 amide bonds. The third kappa shape index (κ3) is 37.7. The van der Waals surface area contributed by atoms with Crippen LogP contribution in [0.5, 0.6) is 0 Å². The minimum atomic E-state index is -1.10. The lowest BCUT2D eigenvalue weighted by Gasteiger charge is -2.04. The molecule has 0 unspecified atom stereocenters. The maximum Gasteiger partial charge on any atom is 0.330 e. The molecule has 0 bridgehead atoms. The van der Waals surface area contributed by atoms with E-state index in [1.165, 1.54) is 78.1 Å². The first kappa shape index (κ1) is 32.0. The summed E-state index contributed by atoms with van der Waals surface area (Å²) in [5.41, 5.74) is 0.352. The quantitative estimate of drug-likeness (QED) is 0.155. The van der Waals surface area contributed by atoms with E-state index in [2.05, 4.69) is 20.1 Å². The van der Waals surface area contributed by atoms with E-state index in [0.717, 1.165) is 12.8 Å². The number of aliphatic carboxylic acids is 2. The van der Waals surface area contributed by atoms with Gasteiger partial charge in [-0.05, 0) is 26.7 Å². The van der Waals surface area contributed by atoms with E-state index in [-0.39, 0.29) is 11.1 Å². The zero-order valence-corrected chi connectivity index (χ0v) is 18.8. The minimum Gasteiger partial charge on any atom is -0.478 e. The van der Waals surface area contributed by atoms with Crippen molar-refractivity contribution in [3.05, 3.63) is 24.3 Å². The SMILES string of the molecule is C=C(C)C(=O)O.C=C(C)C(=O)O.CCCCCCCCCCCCCCC(O)O. The van der Waals surface area contributed by atoms with Crippen LogP contribution < -0.4 is 0 Å². The first-order chi connectivity index (χ1) is 13.6. The summed E-state index contributed by atoms with van der Waals surface area (Å²) < 4.78 is 0. The molecule has 0 aromatic rings.